The van der Waals surface area contributed by atoms with Crippen LogP contribution in [-0.2, 0) is 6.42 Å². The van der Waals surface area contributed by atoms with Gasteiger partial charge in [-0.15, -0.1) is 0 Å². The van der Waals surface area contributed by atoms with Gasteiger partial charge in [-0.2, -0.15) is 0 Å². The molecule has 1 aromatic rings. The summed E-state index contributed by atoms with van der Waals surface area (Å²) in [6.07, 6.45) is 8.59. The van der Waals surface area contributed by atoms with Crippen molar-refractivity contribution in [1.29, 1.82) is 0 Å². The summed E-state index contributed by atoms with van der Waals surface area (Å²) in [5, 5.41) is 3.40. The third-order valence-corrected chi connectivity index (χ3v) is 3.84. The van der Waals surface area contributed by atoms with Crippen LogP contribution in [0, 0.1) is 5.92 Å². The molecule has 2 heterocycles. The molecule has 2 fully saturated rings. The van der Waals surface area contributed by atoms with E-state index in [1.165, 1.54) is 50.3 Å². The number of hydrogen-bond donors (Lipinski definition) is 2. The first-order valence-electron chi connectivity index (χ1n) is 6.16. The van der Waals surface area contributed by atoms with E-state index in [1.807, 2.05) is 0 Å². The molecule has 1 saturated heterocycles. The van der Waals surface area contributed by atoms with Gasteiger partial charge in [0.15, 0.2) is 0 Å². The van der Waals surface area contributed by atoms with E-state index in [4.69, 9.17) is 0 Å². The molecule has 1 aliphatic heterocycles. The molecule has 0 radical (unpaired) electrons. The summed E-state index contributed by atoms with van der Waals surface area (Å²) in [4.78, 5) is 8.00. The minimum absolute atomic E-state index is 0.785. The van der Waals surface area contributed by atoms with E-state index in [9.17, 15) is 0 Å². The second kappa shape index (κ2) is 3.97. The number of nitrogens with one attached hydrogen (secondary N) is 2. The number of H-pyrrole nitrogens is 1. The van der Waals surface area contributed by atoms with Crippen molar-refractivity contribution in [2.75, 3.05) is 13.1 Å². The quantitative estimate of drug-likeness (QED) is 0.790. The molecule has 2 aliphatic rings. The minimum Gasteiger partial charge on any atom is -0.346 e. The lowest BCUT2D eigenvalue weighted by molar-refractivity contribution is 0.411. The van der Waals surface area contributed by atoms with Gasteiger partial charge in [-0.05, 0) is 38.3 Å². The molecular formula is C12H19N3. The zero-order valence-electron chi connectivity index (χ0n) is 9.13. The normalized spacial score (nSPS) is 26.8. The van der Waals surface area contributed by atoms with Crippen LogP contribution in [0.1, 0.15) is 43.1 Å². The maximum atomic E-state index is 4.50. The Morgan fingerprint density at radius 1 is 1.33 bits per heavy atom. The van der Waals surface area contributed by atoms with Gasteiger partial charge < -0.3 is 10.3 Å². The van der Waals surface area contributed by atoms with Crippen LogP contribution in [0.2, 0.25) is 0 Å². The van der Waals surface area contributed by atoms with Crippen LogP contribution >= 0.6 is 0 Å². The molecule has 0 amide bonds. The van der Waals surface area contributed by atoms with Gasteiger partial charge in [0.05, 0.1) is 0 Å². The first-order valence-corrected chi connectivity index (χ1v) is 6.16. The van der Waals surface area contributed by atoms with E-state index in [1.54, 1.807) is 0 Å². The van der Waals surface area contributed by atoms with Gasteiger partial charge >= 0.3 is 0 Å². The Balaban J connectivity index is 1.62. The molecule has 3 nitrogen and oxygen atoms in total. The highest BCUT2D eigenvalue weighted by Crippen LogP contribution is 2.35. The second-order valence-corrected chi connectivity index (χ2v) is 4.98. The molecule has 3 rings (SSSR count). The molecule has 1 atom stereocenters. The summed E-state index contributed by atoms with van der Waals surface area (Å²) in [7, 11) is 0. The lowest BCUT2D eigenvalue weighted by Gasteiger charge is -2.23. The Labute approximate surface area is 90.7 Å². The largest absolute Gasteiger partial charge is 0.346 e. The fourth-order valence-corrected chi connectivity index (χ4v) is 2.57. The number of aromatic amines is 1. The Bertz CT molecular complexity index is 321. The van der Waals surface area contributed by atoms with E-state index in [0.29, 0.717) is 0 Å². The molecule has 3 heteroatoms. The molecule has 1 aliphatic carbocycles. The van der Waals surface area contributed by atoms with Crippen molar-refractivity contribution in [1.82, 2.24) is 15.3 Å². The number of imidazole rings is 1. The van der Waals surface area contributed by atoms with Crippen LogP contribution in [0.25, 0.3) is 0 Å². The van der Waals surface area contributed by atoms with E-state index in [-0.39, 0.29) is 0 Å². The van der Waals surface area contributed by atoms with E-state index < -0.39 is 0 Å². The highest BCUT2D eigenvalue weighted by molar-refractivity contribution is 5.10. The average Bonchev–Trinajstić information content (AvgIpc) is 2.75. The van der Waals surface area contributed by atoms with Gasteiger partial charge in [0.1, 0.15) is 5.82 Å². The lowest BCUT2D eigenvalue weighted by atomic mass is 9.83. The van der Waals surface area contributed by atoms with E-state index >= 15 is 0 Å². The Morgan fingerprint density at radius 3 is 2.93 bits per heavy atom. The monoisotopic (exact) mass is 205 g/mol. The van der Waals surface area contributed by atoms with Crippen molar-refractivity contribution < 1.29 is 0 Å². The van der Waals surface area contributed by atoms with Crippen molar-refractivity contribution in [3.05, 3.63) is 17.7 Å². The molecule has 1 saturated carbocycles. The summed E-state index contributed by atoms with van der Waals surface area (Å²) in [6, 6.07) is 0. The average molecular weight is 205 g/mol. The van der Waals surface area contributed by atoms with Crippen molar-refractivity contribution in [3.63, 3.8) is 0 Å². The molecule has 1 unspecified atom stereocenters. The Morgan fingerprint density at radius 2 is 2.27 bits per heavy atom. The summed E-state index contributed by atoms with van der Waals surface area (Å²) in [5.41, 5.74) is 1.38. The van der Waals surface area contributed by atoms with Crippen molar-refractivity contribution in [2.24, 2.45) is 5.92 Å². The van der Waals surface area contributed by atoms with Crippen molar-refractivity contribution in [3.8, 4) is 0 Å². The maximum absolute atomic E-state index is 4.50. The first-order chi connectivity index (χ1) is 7.42. The third kappa shape index (κ3) is 1.93. The van der Waals surface area contributed by atoms with Crippen LogP contribution in [0.15, 0.2) is 6.20 Å². The van der Waals surface area contributed by atoms with Crippen LogP contribution in [0.5, 0.6) is 0 Å². The predicted octanol–water partition coefficient (Wildman–Crippen LogP) is 1.83. The molecular weight excluding hydrogens is 186 g/mol. The number of rotatable bonds is 3. The molecule has 0 spiro atoms. The maximum Gasteiger partial charge on any atom is 0.106 e. The number of nitrogens with zero attached hydrogens (tertiary/aromatic N) is 1. The topological polar surface area (TPSA) is 40.7 Å². The number of aromatic nitrogens is 2. The fourth-order valence-electron chi connectivity index (χ4n) is 2.57. The zero-order valence-corrected chi connectivity index (χ0v) is 9.13. The van der Waals surface area contributed by atoms with Crippen molar-refractivity contribution >= 4 is 0 Å². The van der Waals surface area contributed by atoms with Crippen LogP contribution in [-0.4, -0.2) is 23.1 Å². The number of hydrogen-bond acceptors (Lipinski definition) is 2. The van der Waals surface area contributed by atoms with Crippen LogP contribution < -0.4 is 5.32 Å². The standard InChI is InChI=1S/C12H19N3/c1-2-10(3-1)11-8-14-12(15-11)6-9-4-5-13-7-9/h8-10,13H,1-7H2,(H,14,15). The zero-order chi connectivity index (χ0) is 10.1. The van der Waals surface area contributed by atoms with Gasteiger partial charge in [0, 0.05) is 24.2 Å². The van der Waals surface area contributed by atoms with E-state index in [2.05, 4.69) is 21.5 Å². The summed E-state index contributed by atoms with van der Waals surface area (Å²) < 4.78 is 0. The third-order valence-electron chi connectivity index (χ3n) is 3.84. The molecule has 1 aromatic heterocycles. The van der Waals surface area contributed by atoms with Gasteiger partial charge in [-0.1, -0.05) is 6.42 Å². The molecule has 15 heavy (non-hydrogen) atoms. The minimum atomic E-state index is 0.785. The van der Waals surface area contributed by atoms with Gasteiger partial charge in [0.25, 0.3) is 0 Å². The van der Waals surface area contributed by atoms with Gasteiger partial charge in [0.2, 0.25) is 0 Å². The Kier molecular flexibility index (Phi) is 2.49. The van der Waals surface area contributed by atoms with Crippen LogP contribution in [0.4, 0.5) is 0 Å². The summed E-state index contributed by atoms with van der Waals surface area (Å²) >= 11 is 0. The molecule has 2 N–H and O–H groups in total. The van der Waals surface area contributed by atoms with Crippen molar-refractivity contribution in [2.45, 2.75) is 38.0 Å². The highest BCUT2D eigenvalue weighted by Gasteiger charge is 2.22. The van der Waals surface area contributed by atoms with Crippen LogP contribution in [0.3, 0.4) is 0 Å². The fraction of sp³-hybridized carbons (Fsp3) is 0.750. The van der Waals surface area contributed by atoms with Gasteiger partial charge in [-0.3, -0.25) is 0 Å². The summed E-state index contributed by atoms with van der Waals surface area (Å²) in [5.74, 6) is 2.78. The summed E-state index contributed by atoms with van der Waals surface area (Å²) in [6.45, 7) is 2.35. The van der Waals surface area contributed by atoms with E-state index in [0.717, 1.165) is 18.3 Å². The second-order valence-electron chi connectivity index (χ2n) is 4.98. The molecule has 0 aromatic carbocycles. The first kappa shape index (κ1) is 9.40. The molecule has 82 valence electrons. The predicted molar refractivity (Wildman–Crippen MR) is 59.9 cm³/mol. The molecule has 0 bridgehead atoms. The van der Waals surface area contributed by atoms with Gasteiger partial charge in [-0.25, -0.2) is 4.98 Å². The smallest absolute Gasteiger partial charge is 0.106 e. The SMILES string of the molecule is c1nc(CC2CCNC2)[nH]c1C1CCC1. The Hall–Kier alpha value is -0.830. The highest BCUT2D eigenvalue weighted by atomic mass is 14.9. The lowest BCUT2D eigenvalue weighted by Crippen LogP contribution is -2.12.